The van der Waals surface area contributed by atoms with Crippen LogP contribution in [0.4, 0.5) is 5.69 Å². The number of phenols is 2. The molecule has 1 amide bonds. The molecule has 29 heavy (non-hydrogen) atoms. The lowest BCUT2D eigenvalue weighted by Gasteiger charge is -2.11. The molecule has 2 aromatic carbocycles. The summed E-state index contributed by atoms with van der Waals surface area (Å²) in [6.07, 6.45) is 0. The second kappa shape index (κ2) is 8.85. The first-order valence-electron chi connectivity index (χ1n) is 8.59. The smallest absolute Gasteiger partial charge is 0.273 e. The molecule has 1 aromatic heterocycles. The normalized spacial score (nSPS) is 10.5. The van der Waals surface area contributed by atoms with E-state index in [0.29, 0.717) is 18.8 Å². The van der Waals surface area contributed by atoms with E-state index < -0.39 is 5.91 Å². The number of carbonyl (C=O) groups excluding carboxylic acids is 1. The number of carbonyl (C=O) groups is 1. The highest BCUT2D eigenvalue weighted by molar-refractivity contribution is 5.93. The first kappa shape index (κ1) is 19.8. The van der Waals surface area contributed by atoms with E-state index in [2.05, 4.69) is 21.0 Å². The Hall–Kier alpha value is -3.92. The molecule has 0 spiro atoms. The van der Waals surface area contributed by atoms with Crippen LogP contribution < -0.4 is 15.4 Å². The summed E-state index contributed by atoms with van der Waals surface area (Å²) in [5, 5.41) is 32.2. The quantitative estimate of drug-likeness (QED) is 0.335. The highest BCUT2D eigenvalue weighted by atomic mass is 16.5. The lowest BCUT2D eigenvalue weighted by molar-refractivity contribution is 0.0945. The second-order valence-corrected chi connectivity index (χ2v) is 5.96. The van der Waals surface area contributed by atoms with E-state index in [0.717, 1.165) is 6.07 Å². The van der Waals surface area contributed by atoms with Gasteiger partial charge in [0, 0.05) is 31.3 Å². The molecule has 150 valence electrons. The number of aromatic nitrogens is 1. The van der Waals surface area contributed by atoms with Crippen LogP contribution >= 0.6 is 0 Å². The van der Waals surface area contributed by atoms with Crippen molar-refractivity contribution in [1.82, 2.24) is 15.8 Å². The molecule has 0 unspecified atom stereocenters. The molecule has 0 saturated heterocycles. The third kappa shape index (κ3) is 4.68. The van der Waals surface area contributed by atoms with Crippen LogP contribution in [0.3, 0.4) is 0 Å². The van der Waals surface area contributed by atoms with Gasteiger partial charge in [-0.15, -0.1) is 4.91 Å². The molecule has 0 radical (unpaired) electrons. The summed E-state index contributed by atoms with van der Waals surface area (Å²) in [4.78, 5) is 22.6. The summed E-state index contributed by atoms with van der Waals surface area (Å²) in [6, 6.07) is 9.64. The Labute approximate surface area is 165 Å². The van der Waals surface area contributed by atoms with Crippen molar-refractivity contribution >= 4 is 11.6 Å². The van der Waals surface area contributed by atoms with Gasteiger partial charge in [-0.05, 0) is 36.5 Å². The Bertz CT molecular complexity index is 1020. The Balaban J connectivity index is 1.91. The van der Waals surface area contributed by atoms with Crippen molar-refractivity contribution in [2.75, 3.05) is 20.1 Å². The standard InChI is InChI=1S/C19H18N4O6/c1-20-6-7-21-19(26)14-10-17(29-23-14)18-15(25)8-12(24)9-16(18)28-13-4-2-11(22-27)3-5-13/h2-5,8-10,20,24-25H,6-7H2,1H3,(H,21,26). The van der Waals surface area contributed by atoms with Gasteiger partial charge in [0.1, 0.15) is 34.2 Å². The zero-order valence-corrected chi connectivity index (χ0v) is 15.4. The molecule has 0 aliphatic carbocycles. The number of nitrogens with one attached hydrogen (secondary N) is 2. The van der Waals surface area contributed by atoms with Crippen molar-refractivity contribution in [3.05, 3.63) is 53.1 Å². The van der Waals surface area contributed by atoms with Gasteiger partial charge < -0.3 is 30.1 Å². The fraction of sp³-hybridized carbons (Fsp3) is 0.158. The molecule has 0 aliphatic rings. The second-order valence-electron chi connectivity index (χ2n) is 5.96. The van der Waals surface area contributed by atoms with Gasteiger partial charge in [0.2, 0.25) is 0 Å². The average molecular weight is 398 g/mol. The number of amides is 1. The van der Waals surface area contributed by atoms with Gasteiger partial charge in [0.25, 0.3) is 5.91 Å². The third-order valence-electron chi connectivity index (χ3n) is 3.89. The van der Waals surface area contributed by atoms with Crippen molar-refractivity contribution in [3.8, 4) is 34.3 Å². The van der Waals surface area contributed by atoms with Crippen molar-refractivity contribution < 1.29 is 24.3 Å². The summed E-state index contributed by atoms with van der Waals surface area (Å²) in [7, 11) is 1.76. The van der Waals surface area contributed by atoms with Crippen molar-refractivity contribution in [1.29, 1.82) is 0 Å². The summed E-state index contributed by atoms with van der Waals surface area (Å²) in [6.45, 7) is 0.994. The van der Waals surface area contributed by atoms with E-state index in [1.807, 2.05) is 0 Å². The summed E-state index contributed by atoms with van der Waals surface area (Å²) >= 11 is 0. The van der Waals surface area contributed by atoms with E-state index in [9.17, 15) is 19.9 Å². The molecule has 3 aromatic rings. The lowest BCUT2D eigenvalue weighted by Crippen LogP contribution is -2.30. The van der Waals surface area contributed by atoms with Crippen LogP contribution in [0.25, 0.3) is 11.3 Å². The Morgan fingerprint density at radius 2 is 1.93 bits per heavy atom. The Kier molecular flexibility index (Phi) is 6.05. The van der Waals surface area contributed by atoms with Crippen LogP contribution in [0.5, 0.6) is 23.0 Å². The van der Waals surface area contributed by atoms with Gasteiger partial charge in [0.15, 0.2) is 11.5 Å². The van der Waals surface area contributed by atoms with Crippen LogP contribution in [0.2, 0.25) is 0 Å². The molecule has 0 atom stereocenters. The minimum absolute atomic E-state index is 0.0240. The number of likely N-dealkylation sites (N-methyl/N-ethyl adjacent to an activating group) is 1. The van der Waals surface area contributed by atoms with Crippen LogP contribution in [0.15, 0.2) is 52.2 Å². The molecule has 0 saturated carbocycles. The SMILES string of the molecule is CNCCNC(=O)c1cc(-c2c(O)cc(O)cc2Oc2ccc(N=O)cc2)on1. The minimum atomic E-state index is -0.437. The number of ether oxygens (including phenoxy) is 1. The van der Waals surface area contributed by atoms with Gasteiger partial charge in [-0.1, -0.05) is 5.16 Å². The fourth-order valence-corrected chi connectivity index (χ4v) is 2.51. The number of benzene rings is 2. The van der Waals surface area contributed by atoms with E-state index >= 15 is 0 Å². The molecular weight excluding hydrogens is 380 g/mol. The summed E-state index contributed by atoms with van der Waals surface area (Å²) in [5.74, 6) is -0.544. The number of nitroso groups, excluding NO2 is 1. The predicted molar refractivity (Wildman–Crippen MR) is 103 cm³/mol. The van der Waals surface area contributed by atoms with Gasteiger partial charge in [-0.25, -0.2) is 0 Å². The van der Waals surface area contributed by atoms with E-state index in [1.54, 1.807) is 7.05 Å². The summed E-state index contributed by atoms with van der Waals surface area (Å²) in [5.41, 5.74) is 0.346. The van der Waals surface area contributed by atoms with Crippen molar-refractivity contribution in [3.63, 3.8) is 0 Å². The van der Waals surface area contributed by atoms with Crippen LogP contribution in [-0.2, 0) is 0 Å². The Morgan fingerprint density at radius 1 is 1.17 bits per heavy atom. The molecule has 0 bridgehead atoms. The molecule has 10 nitrogen and oxygen atoms in total. The molecule has 1 heterocycles. The zero-order chi connectivity index (χ0) is 20.8. The monoisotopic (exact) mass is 398 g/mol. The van der Waals surface area contributed by atoms with Crippen LogP contribution in [0, 0.1) is 4.91 Å². The highest BCUT2D eigenvalue weighted by Crippen LogP contribution is 2.43. The Morgan fingerprint density at radius 3 is 2.62 bits per heavy atom. The first-order chi connectivity index (χ1) is 14.0. The number of phenolic OH excluding ortho intramolecular Hbond substituents is 2. The largest absolute Gasteiger partial charge is 0.508 e. The molecule has 10 heteroatoms. The van der Waals surface area contributed by atoms with E-state index in [-0.39, 0.29) is 40.0 Å². The molecular formula is C19H18N4O6. The number of nitrogens with zero attached hydrogens (tertiary/aromatic N) is 2. The topological polar surface area (TPSA) is 146 Å². The fourth-order valence-electron chi connectivity index (χ4n) is 2.51. The maximum Gasteiger partial charge on any atom is 0.273 e. The third-order valence-corrected chi connectivity index (χ3v) is 3.89. The number of rotatable bonds is 8. The lowest BCUT2D eigenvalue weighted by atomic mass is 10.1. The van der Waals surface area contributed by atoms with Gasteiger partial charge in [-0.2, -0.15) is 0 Å². The molecule has 3 rings (SSSR count). The molecule has 0 aliphatic heterocycles. The average Bonchev–Trinajstić information content (AvgIpc) is 3.18. The predicted octanol–water partition coefficient (Wildman–Crippen LogP) is 2.89. The number of hydrogen-bond acceptors (Lipinski definition) is 9. The van der Waals surface area contributed by atoms with Crippen LogP contribution in [-0.4, -0.2) is 41.4 Å². The maximum atomic E-state index is 12.1. The molecule has 0 fully saturated rings. The maximum absolute atomic E-state index is 12.1. The first-order valence-corrected chi connectivity index (χ1v) is 8.59. The number of aromatic hydroxyl groups is 2. The van der Waals surface area contributed by atoms with E-state index in [1.165, 1.54) is 36.4 Å². The molecule has 4 N–H and O–H groups in total. The van der Waals surface area contributed by atoms with Crippen molar-refractivity contribution in [2.45, 2.75) is 0 Å². The summed E-state index contributed by atoms with van der Waals surface area (Å²) < 4.78 is 10.9. The highest BCUT2D eigenvalue weighted by Gasteiger charge is 2.21. The van der Waals surface area contributed by atoms with Gasteiger partial charge >= 0.3 is 0 Å². The van der Waals surface area contributed by atoms with Gasteiger partial charge in [0.05, 0.1) is 0 Å². The number of hydrogen-bond donors (Lipinski definition) is 4. The van der Waals surface area contributed by atoms with Crippen LogP contribution in [0.1, 0.15) is 10.5 Å². The van der Waals surface area contributed by atoms with Gasteiger partial charge in [-0.3, -0.25) is 4.79 Å². The van der Waals surface area contributed by atoms with Crippen molar-refractivity contribution in [2.24, 2.45) is 5.18 Å². The minimum Gasteiger partial charge on any atom is -0.508 e. The zero-order valence-electron chi connectivity index (χ0n) is 15.4. The van der Waals surface area contributed by atoms with E-state index in [4.69, 9.17) is 9.26 Å².